The van der Waals surface area contributed by atoms with E-state index in [0.717, 1.165) is 22.2 Å². The molecule has 0 aliphatic carbocycles. The maximum absolute atomic E-state index is 5.55. The van der Waals surface area contributed by atoms with Crippen LogP contribution in [0.5, 0.6) is 5.75 Å². The molecule has 0 saturated carbocycles. The molecule has 0 radical (unpaired) electrons. The maximum atomic E-state index is 5.55. The number of tetrazole rings is 1. The first kappa shape index (κ1) is 15.5. The van der Waals surface area contributed by atoms with Gasteiger partial charge in [-0.05, 0) is 48.5 Å². The van der Waals surface area contributed by atoms with Crippen LogP contribution in [-0.2, 0) is 5.75 Å². The number of hydrogen-bond acceptors (Lipinski definition) is 7. The maximum Gasteiger partial charge on any atom is 0.226 e. The Hall–Kier alpha value is -2.35. The zero-order chi connectivity index (χ0) is 16.2. The SMILES string of the molecule is COc1ccc(-c2nc(CSc3nnnn3C(C)C)co2)cc1. The van der Waals surface area contributed by atoms with Gasteiger partial charge in [0.1, 0.15) is 12.0 Å². The lowest BCUT2D eigenvalue weighted by atomic mass is 10.2. The molecule has 3 rings (SSSR count). The summed E-state index contributed by atoms with van der Waals surface area (Å²) in [5, 5.41) is 12.5. The van der Waals surface area contributed by atoms with Crippen LogP contribution in [0.15, 0.2) is 40.1 Å². The number of methoxy groups -OCH3 is 1. The molecular formula is C15H17N5O2S. The van der Waals surface area contributed by atoms with Gasteiger partial charge in [0.15, 0.2) is 0 Å². The number of rotatable bonds is 6. The summed E-state index contributed by atoms with van der Waals surface area (Å²) in [5.41, 5.74) is 1.76. The van der Waals surface area contributed by atoms with Crippen molar-refractivity contribution in [1.29, 1.82) is 0 Å². The number of aromatic nitrogens is 5. The van der Waals surface area contributed by atoms with Gasteiger partial charge in [-0.2, -0.15) is 0 Å². The van der Waals surface area contributed by atoms with E-state index >= 15 is 0 Å². The molecule has 120 valence electrons. The van der Waals surface area contributed by atoms with Crippen LogP contribution in [0.1, 0.15) is 25.6 Å². The highest BCUT2D eigenvalue weighted by atomic mass is 32.2. The molecular weight excluding hydrogens is 314 g/mol. The standard InChI is InChI=1S/C15H17N5O2S/c1-10(2)20-15(17-18-19-20)23-9-12-8-22-14(16-12)11-4-6-13(21-3)7-5-11/h4-8,10H,9H2,1-3H3. The Bertz CT molecular complexity index is 766. The summed E-state index contributed by atoms with van der Waals surface area (Å²) in [6.45, 7) is 4.08. The van der Waals surface area contributed by atoms with Crippen LogP contribution in [0.25, 0.3) is 11.5 Å². The van der Waals surface area contributed by atoms with E-state index in [1.165, 1.54) is 11.8 Å². The molecule has 0 N–H and O–H groups in total. The lowest BCUT2D eigenvalue weighted by molar-refractivity contribution is 0.415. The molecule has 7 nitrogen and oxygen atoms in total. The molecule has 0 fully saturated rings. The van der Waals surface area contributed by atoms with E-state index in [-0.39, 0.29) is 6.04 Å². The van der Waals surface area contributed by atoms with Gasteiger partial charge in [0.2, 0.25) is 11.0 Å². The van der Waals surface area contributed by atoms with Crippen molar-refractivity contribution in [1.82, 2.24) is 25.2 Å². The lowest BCUT2D eigenvalue weighted by Crippen LogP contribution is -2.04. The van der Waals surface area contributed by atoms with Crippen molar-refractivity contribution in [3.05, 3.63) is 36.2 Å². The molecule has 0 saturated heterocycles. The van der Waals surface area contributed by atoms with Crippen molar-refractivity contribution in [3.63, 3.8) is 0 Å². The van der Waals surface area contributed by atoms with E-state index in [1.54, 1.807) is 18.1 Å². The summed E-state index contributed by atoms with van der Waals surface area (Å²) in [7, 11) is 1.64. The summed E-state index contributed by atoms with van der Waals surface area (Å²) in [6, 6.07) is 7.82. The molecule has 2 heterocycles. The van der Waals surface area contributed by atoms with E-state index in [9.17, 15) is 0 Å². The molecule has 0 amide bonds. The van der Waals surface area contributed by atoms with E-state index in [0.29, 0.717) is 11.6 Å². The molecule has 0 aliphatic heterocycles. The zero-order valence-electron chi connectivity index (χ0n) is 13.1. The molecule has 1 aromatic carbocycles. The predicted molar refractivity (Wildman–Crippen MR) is 86.3 cm³/mol. The van der Waals surface area contributed by atoms with Gasteiger partial charge in [-0.3, -0.25) is 0 Å². The van der Waals surface area contributed by atoms with Gasteiger partial charge in [-0.1, -0.05) is 11.8 Å². The number of ether oxygens (including phenoxy) is 1. The van der Waals surface area contributed by atoms with Crippen LogP contribution in [0.2, 0.25) is 0 Å². The monoisotopic (exact) mass is 331 g/mol. The number of hydrogen-bond donors (Lipinski definition) is 0. The van der Waals surface area contributed by atoms with E-state index in [2.05, 4.69) is 20.5 Å². The van der Waals surface area contributed by atoms with Crippen molar-refractivity contribution in [2.45, 2.75) is 30.8 Å². The van der Waals surface area contributed by atoms with Crippen molar-refractivity contribution in [2.75, 3.05) is 7.11 Å². The second-order valence-electron chi connectivity index (χ2n) is 5.16. The van der Waals surface area contributed by atoms with E-state index in [1.807, 2.05) is 38.1 Å². The highest BCUT2D eigenvalue weighted by molar-refractivity contribution is 7.98. The minimum Gasteiger partial charge on any atom is -0.497 e. The fraction of sp³-hybridized carbons (Fsp3) is 0.333. The largest absolute Gasteiger partial charge is 0.497 e. The smallest absolute Gasteiger partial charge is 0.226 e. The van der Waals surface area contributed by atoms with Crippen LogP contribution < -0.4 is 4.74 Å². The molecule has 3 aromatic rings. The molecule has 0 atom stereocenters. The topological polar surface area (TPSA) is 78.9 Å². The van der Waals surface area contributed by atoms with Gasteiger partial charge < -0.3 is 9.15 Å². The molecule has 23 heavy (non-hydrogen) atoms. The van der Waals surface area contributed by atoms with Crippen LogP contribution >= 0.6 is 11.8 Å². The molecule has 0 unspecified atom stereocenters. The Kier molecular flexibility index (Phi) is 4.61. The summed E-state index contributed by atoms with van der Waals surface area (Å²) in [6.07, 6.45) is 1.66. The van der Waals surface area contributed by atoms with Crippen LogP contribution in [0.4, 0.5) is 0 Å². The fourth-order valence-electron chi connectivity index (χ4n) is 1.98. The number of nitrogens with zero attached hydrogens (tertiary/aromatic N) is 5. The number of oxazole rings is 1. The van der Waals surface area contributed by atoms with Crippen LogP contribution in [0, 0.1) is 0 Å². The molecule has 8 heteroatoms. The Morgan fingerprint density at radius 3 is 2.74 bits per heavy atom. The van der Waals surface area contributed by atoms with Gasteiger partial charge in [0, 0.05) is 11.3 Å². The third kappa shape index (κ3) is 3.53. The Labute approximate surface area is 138 Å². The summed E-state index contributed by atoms with van der Waals surface area (Å²) < 4.78 is 12.5. The summed E-state index contributed by atoms with van der Waals surface area (Å²) in [5.74, 6) is 2.04. The van der Waals surface area contributed by atoms with Crippen LogP contribution in [-0.4, -0.2) is 32.3 Å². The normalized spacial score (nSPS) is 11.1. The minimum absolute atomic E-state index is 0.222. The van der Waals surface area contributed by atoms with E-state index in [4.69, 9.17) is 9.15 Å². The van der Waals surface area contributed by atoms with E-state index < -0.39 is 0 Å². The predicted octanol–water partition coefficient (Wildman–Crippen LogP) is 3.21. The fourth-order valence-corrected chi connectivity index (χ4v) is 2.87. The summed E-state index contributed by atoms with van der Waals surface area (Å²) in [4.78, 5) is 4.50. The molecule has 0 bridgehead atoms. The first-order valence-electron chi connectivity index (χ1n) is 7.17. The average molecular weight is 331 g/mol. The quantitative estimate of drug-likeness (QED) is 0.642. The molecule has 0 aliphatic rings. The number of thioether (sulfide) groups is 1. The molecule has 2 aromatic heterocycles. The second-order valence-corrected chi connectivity index (χ2v) is 6.10. The Morgan fingerprint density at radius 1 is 1.26 bits per heavy atom. The highest BCUT2D eigenvalue weighted by Gasteiger charge is 2.12. The zero-order valence-corrected chi connectivity index (χ0v) is 13.9. The third-order valence-corrected chi connectivity index (χ3v) is 4.16. The lowest BCUT2D eigenvalue weighted by Gasteiger charge is -2.05. The Balaban J connectivity index is 1.68. The van der Waals surface area contributed by atoms with Gasteiger partial charge >= 0.3 is 0 Å². The van der Waals surface area contributed by atoms with Gasteiger partial charge in [-0.15, -0.1) is 5.10 Å². The van der Waals surface area contributed by atoms with Gasteiger partial charge in [-0.25, -0.2) is 9.67 Å². The van der Waals surface area contributed by atoms with Crippen molar-refractivity contribution >= 4 is 11.8 Å². The van der Waals surface area contributed by atoms with Crippen molar-refractivity contribution in [3.8, 4) is 17.2 Å². The average Bonchev–Trinajstić information content (AvgIpc) is 3.22. The van der Waals surface area contributed by atoms with Crippen molar-refractivity contribution in [2.24, 2.45) is 0 Å². The first-order chi connectivity index (χ1) is 11.2. The second kappa shape index (κ2) is 6.82. The summed E-state index contributed by atoms with van der Waals surface area (Å²) >= 11 is 1.53. The van der Waals surface area contributed by atoms with Crippen LogP contribution in [0.3, 0.4) is 0 Å². The van der Waals surface area contributed by atoms with Crippen molar-refractivity contribution < 1.29 is 9.15 Å². The van der Waals surface area contributed by atoms with Gasteiger partial charge in [0.25, 0.3) is 0 Å². The highest BCUT2D eigenvalue weighted by Crippen LogP contribution is 2.25. The van der Waals surface area contributed by atoms with Gasteiger partial charge in [0.05, 0.1) is 18.8 Å². The molecule has 0 spiro atoms. The Morgan fingerprint density at radius 2 is 2.04 bits per heavy atom. The third-order valence-electron chi connectivity index (χ3n) is 3.19. The first-order valence-corrected chi connectivity index (χ1v) is 8.15. The minimum atomic E-state index is 0.222. The number of benzene rings is 1.